The second-order valence-corrected chi connectivity index (χ2v) is 8.07. The van der Waals surface area contributed by atoms with Crippen molar-refractivity contribution >= 4 is 56.5 Å². The number of hydrogen-bond acceptors (Lipinski definition) is 4. The van der Waals surface area contributed by atoms with E-state index in [4.69, 9.17) is 23.2 Å². The summed E-state index contributed by atoms with van der Waals surface area (Å²) in [5, 5.41) is 11.5. The topological polar surface area (TPSA) is 71.3 Å². The lowest BCUT2D eigenvalue weighted by molar-refractivity contribution is 0.0955. The van der Waals surface area contributed by atoms with Gasteiger partial charge in [0.25, 0.3) is 5.91 Å². The number of nitrogens with zero attached hydrogens (tertiary/aromatic N) is 3. The Balaban J connectivity index is 1.52. The molecular formula is C21H16BrCl2N5O. The maximum Gasteiger partial charge on any atom is 0.252 e. The van der Waals surface area contributed by atoms with Gasteiger partial charge in [-0.25, -0.2) is 4.98 Å². The molecule has 6 nitrogen and oxygen atoms in total. The summed E-state index contributed by atoms with van der Waals surface area (Å²) in [5.74, 6) is 0.508. The molecule has 2 N–H and O–H groups in total. The molecule has 2 aromatic heterocycles. The zero-order valence-corrected chi connectivity index (χ0v) is 18.7. The Morgan fingerprint density at radius 2 is 1.77 bits per heavy atom. The summed E-state index contributed by atoms with van der Waals surface area (Å²) in [6.45, 7) is 0.881. The average molecular weight is 505 g/mol. The predicted octanol–water partition coefficient (Wildman–Crippen LogP) is 5.31. The standard InChI is InChI=1S/C21H16BrCl2N5O/c22-15-12-27-29-19(11-18(28-20(15)29)13-5-1-3-7-16(13)23)25-9-10-26-21(30)14-6-2-4-8-17(14)24/h1-8,11-12,25H,9-10H2,(H,26,30). The van der Waals surface area contributed by atoms with Crippen molar-refractivity contribution < 1.29 is 4.79 Å². The first-order chi connectivity index (χ1) is 14.5. The van der Waals surface area contributed by atoms with Crippen LogP contribution in [0.4, 0.5) is 5.82 Å². The molecule has 0 bridgehead atoms. The van der Waals surface area contributed by atoms with Gasteiger partial charge in [0, 0.05) is 29.7 Å². The molecule has 0 saturated carbocycles. The molecule has 0 saturated heterocycles. The summed E-state index contributed by atoms with van der Waals surface area (Å²) in [7, 11) is 0. The number of carbonyl (C=O) groups is 1. The molecule has 4 aromatic rings. The maximum atomic E-state index is 12.3. The van der Waals surface area contributed by atoms with E-state index in [1.54, 1.807) is 35.0 Å². The lowest BCUT2D eigenvalue weighted by Crippen LogP contribution is -2.29. The summed E-state index contributed by atoms with van der Waals surface area (Å²) in [5.41, 5.74) is 2.65. The Morgan fingerprint density at radius 1 is 1.03 bits per heavy atom. The van der Waals surface area contributed by atoms with Crippen LogP contribution in [0.1, 0.15) is 10.4 Å². The Bertz CT molecular complexity index is 1230. The summed E-state index contributed by atoms with van der Waals surface area (Å²) < 4.78 is 2.46. The zero-order chi connectivity index (χ0) is 21.1. The van der Waals surface area contributed by atoms with Crippen LogP contribution in [-0.2, 0) is 0 Å². The van der Waals surface area contributed by atoms with Crippen LogP contribution in [0, 0.1) is 0 Å². The molecule has 0 aliphatic carbocycles. The number of benzene rings is 2. The minimum Gasteiger partial charge on any atom is -0.368 e. The summed E-state index contributed by atoms with van der Waals surface area (Å²) in [6, 6.07) is 16.3. The molecule has 1 amide bonds. The molecule has 0 fully saturated rings. The summed E-state index contributed by atoms with van der Waals surface area (Å²) >= 11 is 15.9. The fraction of sp³-hybridized carbons (Fsp3) is 0.0952. The fourth-order valence-corrected chi connectivity index (χ4v) is 3.78. The van der Waals surface area contributed by atoms with E-state index in [-0.39, 0.29) is 5.91 Å². The van der Waals surface area contributed by atoms with E-state index >= 15 is 0 Å². The highest BCUT2D eigenvalue weighted by molar-refractivity contribution is 9.10. The van der Waals surface area contributed by atoms with Gasteiger partial charge in [-0.05, 0) is 34.1 Å². The van der Waals surface area contributed by atoms with E-state index < -0.39 is 0 Å². The largest absolute Gasteiger partial charge is 0.368 e. The quantitative estimate of drug-likeness (QED) is 0.349. The molecule has 0 spiro atoms. The van der Waals surface area contributed by atoms with Crippen molar-refractivity contribution in [3.05, 3.63) is 80.9 Å². The molecule has 9 heteroatoms. The molecule has 0 unspecified atom stereocenters. The smallest absolute Gasteiger partial charge is 0.252 e. The van der Waals surface area contributed by atoms with Crippen LogP contribution in [-0.4, -0.2) is 33.6 Å². The van der Waals surface area contributed by atoms with Crippen molar-refractivity contribution in [3.8, 4) is 11.3 Å². The van der Waals surface area contributed by atoms with Crippen LogP contribution in [0.15, 0.2) is 65.3 Å². The van der Waals surface area contributed by atoms with Crippen LogP contribution in [0.25, 0.3) is 16.9 Å². The maximum absolute atomic E-state index is 12.3. The van der Waals surface area contributed by atoms with Gasteiger partial charge in [0.1, 0.15) is 5.82 Å². The molecule has 2 heterocycles. The van der Waals surface area contributed by atoms with Crippen LogP contribution in [0.2, 0.25) is 10.0 Å². The van der Waals surface area contributed by atoms with Gasteiger partial charge in [0.2, 0.25) is 0 Å². The molecule has 152 valence electrons. The van der Waals surface area contributed by atoms with Gasteiger partial charge in [0.05, 0.1) is 26.9 Å². The Labute approximate surface area is 191 Å². The number of aromatic nitrogens is 3. The molecule has 2 aromatic carbocycles. The van der Waals surface area contributed by atoms with Gasteiger partial charge in [0.15, 0.2) is 5.65 Å². The van der Waals surface area contributed by atoms with Crippen LogP contribution >= 0.6 is 39.1 Å². The number of nitrogens with one attached hydrogen (secondary N) is 2. The SMILES string of the molecule is O=C(NCCNc1cc(-c2ccccc2Cl)nc2c(Br)cnn12)c1ccccc1Cl. The predicted molar refractivity (Wildman–Crippen MR) is 123 cm³/mol. The molecular weight excluding hydrogens is 489 g/mol. The highest BCUT2D eigenvalue weighted by atomic mass is 79.9. The Kier molecular flexibility index (Phi) is 6.22. The van der Waals surface area contributed by atoms with Crippen LogP contribution in [0.3, 0.4) is 0 Å². The molecule has 0 radical (unpaired) electrons. The minimum absolute atomic E-state index is 0.221. The van der Waals surface area contributed by atoms with Crippen molar-refractivity contribution in [2.45, 2.75) is 0 Å². The Hall–Kier alpha value is -2.61. The third-order valence-electron chi connectivity index (χ3n) is 4.41. The van der Waals surface area contributed by atoms with E-state index in [0.717, 1.165) is 21.5 Å². The molecule has 4 rings (SSSR count). The zero-order valence-electron chi connectivity index (χ0n) is 15.6. The number of rotatable bonds is 6. The lowest BCUT2D eigenvalue weighted by atomic mass is 10.1. The molecule has 30 heavy (non-hydrogen) atoms. The van der Waals surface area contributed by atoms with Gasteiger partial charge in [-0.2, -0.15) is 9.61 Å². The average Bonchev–Trinajstić information content (AvgIpc) is 3.12. The number of anilines is 1. The van der Waals surface area contributed by atoms with E-state index in [1.807, 2.05) is 30.3 Å². The number of amides is 1. The third kappa shape index (κ3) is 4.28. The van der Waals surface area contributed by atoms with Crippen LogP contribution < -0.4 is 10.6 Å². The van der Waals surface area contributed by atoms with E-state index in [0.29, 0.717) is 34.3 Å². The van der Waals surface area contributed by atoms with Gasteiger partial charge >= 0.3 is 0 Å². The highest BCUT2D eigenvalue weighted by Gasteiger charge is 2.13. The highest BCUT2D eigenvalue weighted by Crippen LogP contribution is 2.30. The van der Waals surface area contributed by atoms with Gasteiger partial charge < -0.3 is 10.6 Å². The van der Waals surface area contributed by atoms with Gasteiger partial charge in [-0.1, -0.05) is 53.5 Å². The lowest BCUT2D eigenvalue weighted by Gasteiger charge is -2.12. The molecule has 0 atom stereocenters. The van der Waals surface area contributed by atoms with Crippen molar-refractivity contribution in [1.29, 1.82) is 0 Å². The van der Waals surface area contributed by atoms with Crippen LogP contribution in [0.5, 0.6) is 0 Å². The first-order valence-electron chi connectivity index (χ1n) is 9.10. The number of fused-ring (bicyclic) bond motifs is 1. The van der Waals surface area contributed by atoms with Crippen molar-refractivity contribution in [2.24, 2.45) is 0 Å². The number of hydrogen-bond donors (Lipinski definition) is 2. The molecule has 0 aliphatic rings. The first-order valence-corrected chi connectivity index (χ1v) is 10.7. The second-order valence-electron chi connectivity index (χ2n) is 6.40. The van der Waals surface area contributed by atoms with Gasteiger partial charge in [-0.3, -0.25) is 4.79 Å². The summed E-state index contributed by atoms with van der Waals surface area (Å²) in [4.78, 5) is 17.0. The first kappa shape index (κ1) is 20.7. The van der Waals surface area contributed by atoms with Crippen molar-refractivity contribution in [3.63, 3.8) is 0 Å². The number of carbonyl (C=O) groups excluding carboxylic acids is 1. The third-order valence-corrected chi connectivity index (χ3v) is 5.63. The van der Waals surface area contributed by atoms with E-state index in [2.05, 4.69) is 36.6 Å². The Morgan fingerprint density at radius 3 is 2.53 bits per heavy atom. The van der Waals surface area contributed by atoms with Crippen molar-refractivity contribution in [1.82, 2.24) is 19.9 Å². The van der Waals surface area contributed by atoms with E-state index in [1.165, 1.54) is 0 Å². The van der Waals surface area contributed by atoms with Crippen molar-refractivity contribution in [2.75, 3.05) is 18.4 Å². The summed E-state index contributed by atoms with van der Waals surface area (Å²) in [6.07, 6.45) is 1.68. The normalized spacial score (nSPS) is 10.9. The second kappa shape index (κ2) is 9.04. The monoisotopic (exact) mass is 503 g/mol. The van der Waals surface area contributed by atoms with E-state index in [9.17, 15) is 4.79 Å². The minimum atomic E-state index is -0.221. The fourth-order valence-electron chi connectivity index (χ4n) is 2.98. The van der Waals surface area contributed by atoms with Gasteiger partial charge in [-0.15, -0.1) is 0 Å². The number of halogens is 3. The molecule has 0 aliphatic heterocycles.